The van der Waals surface area contributed by atoms with Crippen LogP contribution in [0.15, 0.2) is 23.1 Å². The van der Waals surface area contributed by atoms with Gasteiger partial charge in [-0.3, -0.25) is 0 Å². The van der Waals surface area contributed by atoms with Crippen LogP contribution in [0.3, 0.4) is 0 Å². The molecule has 17 heavy (non-hydrogen) atoms. The van der Waals surface area contributed by atoms with Crippen molar-refractivity contribution in [1.82, 2.24) is 0 Å². The summed E-state index contributed by atoms with van der Waals surface area (Å²) in [7, 11) is 1.71. The maximum atomic E-state index is 5.59. The molecule has 2 rings (SSSR count). The lowest BCUT2D eigenvalue weighted by Gasteiger charge is -2.34. The van der Waals surface area contributed by atoms with Crippen LogP contribution in [-0.2, 0) is 0 Å². The van der Waals surface area contributed by atoms with Crippen LogP contribution in [-0.4, -0.2) is 32.0 Å². The highest BCUT2D eigenvalue weighted by atomic mass is 32.2. The van der Waals surface area contributed by atoms with E-state index in [0.717, 1.165) is 31.8 Å². The molecule has 0 radical (unpaired) electrons. The molecular weight excluding hydrogens is 232 g/mol. The van der Waals surface area contributed by atoms with E-state index in [1.54, 1.807) is 7.11 Å². The topological polar surface area (TPSA) is 38.5 Å². The predicted molar refractivity (Wildman–Crippen MR) is 74.2 cm³/mol. The molecule has 2 N–H and O–H groups in total. The minimum atomic E-state index is 0.618. The standard InChI is InChI=1S/C13H20N2OS/c1-10-9-15(7-3-6-14)12-5-4-11(16-2)8-13(12)17-10/h4-5,8,10H,3,6-7,9,14H2,1-2H3. The minimum absolute atomic E-state index is 0.618. The van der Waals surface area contributed by atoms with E-state index in [1.807, 2.05) is 17.8 Å². The number of thioether (sulfide) groups is 1. The van der Waals surface area contributed by atoms with E-state index in [0.29, 0.717) is 5.25 Å². The SMILES string of the molecule is COc1ccc2c(c1)SC(C)CN2CCCN. The zero-order chi connectivity index (χ0) is 12.3. The number of nitrogens with two attached hydrogens (primary N) is 1. The molecule has 94 valence electrons. The third kappa shape index (κ3) is 2.87. The molecule has 0 bridgehead atoms. The van der Waals surface area contributed by atoms with Crippen molar-refractivity contribution in [2.24, 2.45) is 5.73 Å². The molecule has 3 nitrogen and oxygen atoms in total. The summed E-state index contributed by atoms with van der Waals surface area (Å²) in [6.45, 7) is 5.16. The number of methoxy groups -OCH3 is 1. The Kier molecular flexibility index (Phi) is 4.18. The van der Waals surface area contributed by atoms with Crippen LogP contribution >= 0.6 is 11.8 Å². The maximum Gasteiger partial charge on any atom is 0.120 e. The third-order valence-corrected chi connectivity index (χ3v) is 4.08. The first-order valence-electron chi connectivity index (χ1n) is 6.04. The number of nitrogens with zero attached hydrogens (tertiary/aromatic N) is 1. The molecule has 1 aliphatic rings. The second-order valence-electron chi connectivity index (χ2n) is 4.35. The Morgan fingerprint density at radius 3 is 3.06 bits per heavy atom. The molecule has 1 aromatic rings. The summed E-state index contributed by atoms with van der Waals surface area (Å²) < 4.78 is 5.28. The van der Waals surface area contributed by atoms with Gasteiger partial charge in [0, 0.05) is 23.2 Å². The summed E-state index contributed by atoms with van der Waals surface area (Å²) in [5.41, 5.74) is 6.92. The number of anilines is 1. The Hall–Kier alpha value is -0.870. The second-order valence-corrected chi connectivity index (χ2v) is 5.83. The fraction of sp³-hybridized carbons (Fsp3) is 0.538. The van der Waals surface area contributed by atoms with Gasteiger partial charge in [-0.05, 0) is 31.2 Å². The van der Waals surface area contributed by atoms with E-state index in [1.165, 1.54) is 10.6 Å². The predicted octanol–water partition coefficient (Wildman–Crippen LogP) is 2.34. The van der Waals surface area contributed by atoms with Crippen molar-refractivity contribution in [2.75, 3.05) is 31.6 Å². The van der Waals surface area contributed by atoms with Gasteiger partial charge in [-0.2, -0.15) is 0 Å². The third-order valence-electron chi connectivity index (χ3n) is 2.95. The largest absolute Gasteiger partial charge is 0.497 e. The molecule has 1 aromatic carbocycles. The van der Waals surface area contributed by atoms with Crippen LogP contribution in [0.5, 0.6) is 5.75 Å². The highest BCUT2D eigenvalue weighted by Gasteiger charge is 2.22. The molecule has 4 heteroatoms. The molecule has 0 aliphatic carbocycles. The van der Waals surface area contributed by atoms with E-state index < -0.39 is 0 Å². The maximum absolute atomic E-state index is 5.59. The summed E-state index contributed by atoms with van der Waals surface area (Å²) in [6, 6.07) is 6.32. The van der Waals surface area contributed by atoms with Crippen LogP contribution in [0.2, 0.25) is 0 Å². The minimum Gasteiger partial charge on any atom is -0.497 e. The van der Waals surface area contributed by atoms with Crippen molar-refractivity contribution >= 4 is 17.4 Å². The zero-order valence-corrected chi connectivity index (χ0v) is 11.3. The van der Waals surface area contributed by atoms with Gasteiger partial charge in [0.05, 0.1) is 12.8 Å². The van der Waals surface area contributed by atoms with E-state index in [9.17, 15) is 0 Å². The first kappa shape index (κ1) is 12.6. The summed E-state index contributed by atoms with van der Waals surface area (Å²) >= 11 is 1.93. The Balaban J connectivity index is 2.23. The molecule has 1 unspecified atom stereocenters. The lowest BCUT2D eigenvalue weighted by atomic mass is 10.2. The van der Waals surface area contributed by atoms with Crippen molar-refractivity contribution in [3.8, 4) is 5.75 Å². The van der Waals surface area contributed by atoms with Gasteiger partial charge in [-0.25, -0.2) is 0 Å². The number of fused-ring (bicyclic) bond motifs is 1. The van der Waals surface area contributed by atoms with E-state index in [-0.39, 0.29) is 0 Å². The van der Waals surface area contributed by atoms with Gasteiger partial charge in [0.2, 0.25) is 0 Å². The average Bonchev–Trinajstić information content (AvgIpc) is 2.34. The van der Waals surface area contributed by atoms with Crippen molar-refractivity contribution < 1.29 is 4.74 Å². The van der Waals surface area contributed by atoms with Crippen molar-refractivity contribution in [3.05, 3.63) is 18.2 Å². The lowest BCUT2D eigenvalue weighted by molar-refractivity contribution is 0.413. The van der Waals surface area contributed by atoms with Gasteiger partial charge in [0.25, 0.3) is 0 Å². The molecule has 1 atom stereocenters. The zero-order valence-electron chi connectivity index (χ0n) is 10.5. The lowest BCUT2D eigenvalue weighted by Crippen LogP contribution is -2.34. The van der Waals surface area contributed by atoms with Crippen LogP contribution in [0.1, 0.15) is 13.3 Å². The number of hydrogen-bond acceptors (Lipinski definition) is 4. The number of rotatable bonds is 4. The highest BCUT2D eigenvalue weighted by Crippen LogP contribution is 2.40. The Labute approximate surface area is 107 Å². The smallest absolute Gasteiger partial charge is 0.120 e. The summed E-state index contributed by atoms with van der Waals surface area (Å²) in [4.78, 5) is 3.75. The van der Waals surface area contributed by atoms with Crippen LogP contribution in [0.4, 0.5) is 5.69 Å². The fourth-order valence-electron chi connectivity index (χ4n) is 2.13. The molecule has 1 heterocycles. The molecule has 0 fully saturated rings. The van der Waals surface area contributed by atoms with Crippen molar-refractivity contribution in [2.45, 2.75) is 23.5 Å². The van der Waals surface area contributed by atoms with Gasteiger partial charge in [0.1, 0.15) is 5.75 Å². The first-order chi connectivity index (χ1) is 8.24. The fourth-order valence-corrected chi connectivity index (χ4v) is 3.32. The molecular formula is C13H20N2OS. The second kappa shape index (κ2) is 5.65. The van der Waals surface area contributed by atoms with Gasteiger partial charge < -0.3 is 15.4 Å². The van der Waals surface area contributed by atoms with E-state index in [4.69, 9.17) is 10.5 Å². The van der Waals surface area contributed by atoms with Gasteiger partial charge in [-0.15, -0.1) is 11.8 Å². The first-order valence-corrected chi connectivity index (χ1v) is 6.92. The number of benzene rings is 1. The van der Waals surface area contributed by atoms with Crippen LogP contribution in [0, 0.1) is 0 Å². The quantitative estimate of drug-likeness (QED) is 0.892. The average molecular weight is 252 g/mol. The molecule has 0 aromatic heterocycles. The number of ether oxygens (including phenoxy) is 1. The Morgan fingerprint density at radius 1 is 1.53 bits per heavy atom. The van der Waals surface area contributed by atoms with Crippen LogP contribution < -0.4 is 15.4 Å². The highest BCUT2D eigenvalue weighted by molar-refractivity contribution is 8.00. The molecule has 1 aliphatic heterocycles. The van der Waals surface area contributed by atoms with E-state index in [2.05, 4.69) is 24.0 Å². The Bertz CT molecular complexity index is 384. The monoisotopic (exact) mass is 252 g/mol. The normalized spacial score (nSPS) is 19.0. The number of hydrogen-bond donors (Lipinski definition) is 1. The molecule has 0 amide bonds. The summed E-state index contributed by atoms with van der Waals surface area (Å²) in [6.07, 6.45) is 1.04. The van der Waals surface area contributed by atoms with Crippen LogP contribution in [0.25, 0.3) is 0 Å². The molecule has 0 saturated carbocycles. The van der Waals surface area contributed by atoms with Crippen molar-refractivity contribution in [1.29, 1.82) is 0 Å². The van der Waals surface area contributed by atoms with Gasteiger partial charge >= 0.3 is 0 Å². The van der Waals surface area contributed by atoms with E-state index >= 15 is 0 Å². The molecule has 0 saturated heterocycles. The van der Waals surface area contributed by atoms with Gasteiger partial charge in [-0.1, -0.05) is 6.92 Å². The van der Waals surface area contributed by atoms with Crippen molar-refractivity contribution in [3.63, 3.8) is 0 Å². The molecule has 0 spiro atoms. The van der Waals surface area contributed by atoms with Gasteiger partial charge in [0.15, 0.2) is 0 Å². The summed E-state index contributed by atoms with van der Waals surface area (Å²) in [5.74, 6) is 0.934. The summed E-state index contributed by atoms with van der Waals surface area (Å²) in [5, 5.41) is 0.618. The Morgan fingerprint density at radius 2 is 2.35 bits per heavy atom.